The van der Waals surface area contributed by atoms with Crippen molar-refractivity contribution in [3.8, 4) is 0 Å². The minimum absolute atomic E-state index is 0.697. The van der Waals surface area contributed by atoms with E-state index >= 15 is 0 Å². The summed E-state index contributed by atoms with van der Waals surface area (Å²) in [5.41, 5.74) is 0. The van der Waals surface area contributed by atoms with Crippen molar-refractivity contribution in [1.82, 2.24) is 19.7 Å². The largest absolute Gasteiger partial charge is 0.315 e. The van der Waals surface area contributed by atoms with E-state index < -0.39 is 0 Å². The Morgan fingerprint density at radius 1 is 1.53 bits per heavy atom. The van der Waals surface area contributed by atoms with Crippen LogP contribution in [0.15, 0.2) is 6.33 Å². The first-order valence-corrected chi connectivity index (χ1v) is 6.16. The molecule has 0 bridgehead atoms. The molecule has 0 radical (unpaired) electrons. The van der Waals surface area contributed by atoms with Crippen LogP contribution in [0.5, 0.6) is 0 Å². The molecule has 0 N–H and O–H groups in total. The van der Waals surface area contributed by atoms with E-state index in [9.17, 15) is 0 Å². The summed E-state index contributed by atoms with van der Waals surface area (Å²) in [5.74, 6) is 2.76. The van der Waals surface area contributed by atoms with E-state index in [0.29, 0.717) is 5.92 Å². The summed E-state index contributed by atoms with van der Waals surface area (Å²) in [7, 11) is 0. The molecule has 1 aliphatic rings. The fourth-order valence-electron chi connectivity index (χ4n) is 1.95. The minimum Gasteiger partial charge on any atom is -0.315 e. The van der Waals surface area contributed by atoms with Gasteiger partial charge in [-0.05, 0) is 11.7 Å². The molecule has 1 aromatic rings. The van der Waals surface area contributed by atoms with Crippen molar-refractivity contribution >= 4 is 12.6 Å². The molecule has 0 amide bonds. The highest BCUT2D eigenvalue weighted by atomic mass is 32.1. The molecule has 84 valence electrons. The Labute approximate surface area is 96.1 Å². The summed E-state index contributed by atoms with van der Waals surface area (Å²) < 4.78 is 2.14. The first kappa shape index (κ1) is 11.0. The van der Waals surface area contributed by atoms with Gasteiger partial charge in [0.25, 0.3) is 0 Å². The molecule has 1 atom stereocenters. The molecule has 5 heteroatoms. The average molecular weight is 226 g/mol. The van der Waals surface area contributed by atoms with Gasteiger partial charge in [0.2, 0.25) is 0 Å². The Balaban J connectivity index is 1.92. The number of fused-ring (bicyclic) bond motifs is 1. The van der Waals surface area contributed by atoms with Gasteiger partial charge in [-0.2, -0.15) is 12.6 Å². The maximum Gasteiger partial charge on any atom is 0.147 e. The summed E-state index contributed by atoms with van der Waals surface area (Å²) in [6.45, 7) is 6.42. The monoisotopic (exact) mass is 226 g/mol. The summed E-state index contributed by atoms with van der Waals surface area (Å²) in [6.07, 6.45) is 3.02. The van der Waals surface area contributed by atoms with Crippen LogP contribution in [0.1, 0.15) is 19.2 Å². The molecule has 1 aromatic heterocycles. The third-order valence-electron chi connectivity index (χ3n) is 3.07. The quantitative estimate of drug-likeness (QED) is 0.779. The fraction of sp³-hybridized carbons (Fsp3) is 0.800. The van der Waals surface area contributed by atoms with E-state index in [-0.39, 0.29) is 0 Å². The van der Waals surface area contributed by atoms with E-state index in [4.69, 9.17) is 0 Å². The van der Waals surface area contributed by atoms with Crippen LogP contribution < -0.4 is 0 Å². The number of hydrogen-bond acceptors (Lipinski definition) is 4. The Morgan fingerprint density at radius 3 is 3.13 bits per heavy atom. The number of aromatic nitrogens is 3. The highest BCUT2D eigenvalue weighted by molar-refractivity contribution is 7.80. The lowest BCUT2D eigenvalue weighted by Gasteiger charge is -2.29. The molecule has 1 aliphatic heterocycles. The number of rotatable bonds is 4. The van der Waals surface area contributed by atoms with Crippen molar-refractivity contribution in [2.45, 2.75) is 26.4 Å². The fourth-order valence-corrected chi connectivity index (χ4v) is 2.33. The second-order valence-electron chi connectivity index (χ2n) is 4.13. The molecule has 1 unspecified atom stereocenters. The van der Waals surface area contributed by atoms with Crippen LogP contribution in [-0.2, 0) is 13.1 Å². The minimum atomic E-state index is 0.697. The topological polar surface area (TPSA) is 34.0 Å². The second-order valence-corrected chi connectivity index (χ2v) is 4.50. The van der Waals surface area contributed by atoms with Crippen molar-refractivity contribution in [3.05, 3.63) is 12.2 Å². The molecule has 0 aliphatic carbocycles. The standard InChI is InChI=1S/C10H18N4S/c1-2-9(7-15)5-13-3-4-14-8-11-12-10(14)6-13/h8-9,15H,2-7H2,1H3. The van der Waals surface area contributed by atoms with Crippen LogP contribution in [0, 0.1) is 5.92 Å². The summed E-state index contributed by atoms with van der Waals surface area (Å²) in [6, 6.07) is 0. The maximum absolute atomic E-state index is 4.38. The van der Waals surface area contributed by atoms with Gasteiger partial charge in [0, 0.05) is 19.6 Å². The van der Waals surface area contributed by atoms with Crippen molar-refractivity contribution in [3.63, 3.8) is 0 Å². The van der Waals surface area contributed by atoms with Gasteiger partial charge in [-0.15, -0.1) is 10.2 Å². The zero-order valence-corrected chi connectivity index (χ0v) is 10.0. The predicted molar refractivity (Wildman–Crippen MR) is 62.9 cm³/mol. The summed E-state index contributed by atoms with van der Waals surface area (Å²) >= 11 is 4.38. The second kappa shape index (κ2) is 4.99. The molecular formula is C10H18N4S. The molecule has 2 heterocycles. The van der Waals surface area contributed by atoms with E-state index in [1.807, 2.05) is 6.33 Å². The lowest BCUT2D eigenvalue weighted by atomic mass is 10.1. The number of thiol groups is 1. The number of nitrogens with zero attached hydrogens (tertiary/aromatic N) is 4. The predicted octanol–water partition coefficient (Wildman–Crippen LogP) is 1.05. The van der Waals surface area contributed by atoms with Crippen molar-refractivity contribution in [2.75, 3.05) is 18.8 Å². The van der Waals surface area contributed by atoms with Crippen LogP contribution in [0.4, 0.5) is 0 Å². The van der Waals surface area contributed by atoms with Gasteiger partial charge >= 0.3 is 0 Å². The third-order valence-corrected chi connectivity index (χ3v) is 3.59. The Hall–Kier alpha value is -0.550. The van der Waals surface area contributed by atoms with E-state index in [1.165, 1.54) is 6.42 Å². The Bertz CT molecular complexity index is 308. The molecule has 0 fully saturated rings. The van der Waals surface area contributed by atoms with Crippen molar-refractivity contribution in [2.24, 2.45) is 5.92 Å². The molecule has 4 nitrogen and oxygen atoms in total. The highest BCUT2D eigenvalue weighted by Crippen LogP contribution is 2.13. The molecule has 0 aromatic carbocycles. The smallest absolute Gasteiger partial charge is 0.147 e. The average Bonchev–Trinajstić information content (AvgIpc) is 2.73. The molecule has 0 spiro atoms. The van der Waals surface area contributed by atoms with Gasteiger partial charge in [-0.25, -0.2) is 0 Å². The van der Waals surface area contributed by atoms with E-state index in [0.717, 1.165) is 37.8 Å². The van der Waals surface area contributed by atoms with Gasteiger partial charge < -0.3 is 4.57 Å². The van der Waals surface area contributed by atoms with Crippen LogP contribution in [-0.4, -0.2) is 38.5 Å². The van der Waals surface area contributed by atoms with Gasteiger partial charge in [-0.1, -0.05) is 13.3 Å². The van der Waals surface area contributed by atoms with Gasteiger partial charge in [0.05, 0.1) is 6.54 Å². The van der Waals surface area contributed by atoms with Crippen LogP contribution in [0.2, 0.25) is 0 Å². The highest BCUT2D eigenvalue weighted by Gasteiger charge is 2.19. The van der Waals surface area contributed by atoms with Crippen molar-refractivity contribution < 1.29 is 0 Å². The SMILES string of the molecule is CCC(CS)CN1CCn2cnnc2C1. The van der Waals surface area contributed by atoms with Gasteiger partial charge in [0.15, 0.2) is 0 Å². The lowest BCUT2D eigenvalue weighted by Crippen LogP contribution is -2.37. The molecule has 2 rings (SSSR count). The lowest BCUT2D eigenvalue weighted by molar-refractivity contribution is 0.189. The third kappa shape index (κ3) is 2.52. The normalized spacial score (nSPS) is 18.8. The Morgan fingerprint density at radius 2 is 2.40 bits per heavy atom. The molecule has 15 heavy (non-hydrogen) atoms. The van der Waals surface area contributed by atoms with Gasteiger partial charge in [-0.3, -0.25) is 4.90 Å². The van der Waals surface area contributed by atoms with Gasteiger partial charge in [0.1, 0.15) is 12.2 Å². The molecule has 0 saturated carbocycles. The van der Waals surface area contributed by atoms with Crippen molar-refractivity contribution in [1.29, 1.82) is 0 Å². The maximum atomic E-state index is 4.38. The van der Waals surface area contributed by atoms with Crippen LogP contribution >= 0.6 is 12.6 Å². The van der Waals surface area contributed by atoms with E-state index in [2.05, 4.69) is 39.2 Å². The molecular weight excluding hydrogens is 208 g/mol. The Kier molecular flexibility index (Phi) is 3.64. The zero-order chi connectivity index (χ0) is 10.7. The van der Waals surface area contributed by atoms with Crippen LogP contribution in [0.3, 0.4) is 0 Å². The number of hydrogen-bond donors (Lipinski definition) is 1. The van der Waals surface area contributed by atoms with E-state index in [1.54, 1.807) is 0 Å². The van der Waals surface area contributed by atoms with Crippen LogP contribution in [0.25, 0.3) is 0 Å². The first-order chi connectivity index (χ1) is 7.33. The summed E-state index contributed by atoms with van der Waals surface area (Å²) in [5, 5.41) is 8.05. The first-order valence-electron chi connectivity index (χ1n) is 5.53. The summed E-state index contributed by atoms with van der Waals surface area (Å²) in [4.78, 5) is 2.45. The molecule has 0 saturated heterocycles. The zero-order valence-electron chi connectivity index (χ0n) is 9.13.